The highest BCUT2D eigenvalue weighted by Gasteiger charge is 2.19. The monoisotopic (exact) mass is 520 g/mol. The molecule has 0 saturated carbocycles. The van der Waals surface area contributed by atoms with Crippen molar-refractivity contribution in [3.63, 3.8) is 0 Å². The second kappa shape index (κ2) is 11.4. The average Bonchev–Trinajstić information content (AvgIpc) is 3.24. The lowest BCUT2D eigenvalue weighted by Gasteiger charge is -2.18. The number of hydrogen-bond acceptors (Lipinski definition) is 4. The van der Waals surface area contributed by atoms with Gasteiger partial charge >= 0.3 is 5.97 Å². The summed E-state index contributed by atoms with van der Waals surface area (Å²) in [7, 11) is 0. The number of nitrogens with one attached hydrogen (secondary N) is 1. The molecule has 0 saturated heterocycles. The quantitative estimate of drug-likeness (QED) is 0.244. The van der Waals surface area contributed by atoms with Gasteiger partial charge in [0, 0.05) is 53.2 Å². The number of benzene rings is 1. The van der Waals surface area contributed by atoms with Gasteiger partial charge in [-0.1, -0.05) is 37.3 Å². The van der Waals surface area contributed by atoms with Crippen LogP contribution >= 0.6 is 15.9 Å². The number of carbonyl (C=O) groups is 1. The zero-order chi connectivity index (χ0) is 23.9. The van der Waals surface area contributed by atoms with E-state index in [1.165, 1.54) is 5.56 Å². The summed E-state index contributed by atoms with van der Waals surface area (Å²) in [5.41, 5.74) is 7.71. The van der Waals surface area contributed by atoms with Gasteiger partial charge in [0.2, 0.25) is 0 Å². The van der Waals surface area contributed by atoms with E-state index < -0.39 is 5.97 Å². The molecule has 0 spiro atoms. The van der Waals surface area contributed by atoms with Crippen LogP contribution < -0.4 is 5.32 Å². The predicted octanol–water partition coefficient (Wildman–Crippen LogP) is 5.81. The summed E-state index contributed by atoms with van der Waals surface area (Å²) in [6.45, 7) is 3.50. The van der Waals surface area contributed by atoms with Crippen LogP contribution in [-0.2, 0) is 30.7 Å². The summed E-state index contributed by atoms with van der Waals surface area (Å²) < 4.78 is 2.97. The van der Waals surface area contributed by atoms with Crippen LogP contribution in [0.1, 0.15) is 48.7 Å². The van der Waals surface area contributed by atoms with Crippen LogP contribution in [0.5, 0.6) is 0 Å². The largest absolute Gasteiger partial charge is 0.481 e. The highest BCUT2D eigenvalue weighted by molar-refractivity contribution is 9.10. The number of aryl methyl sites for hydroxylation is 1. The Bertz CT molecular complexity index is 1270. The van der Waals surface area contributed by atoms with Crippen molar-refractivity contribution in [2.75, 3.05) is 0 Å². The van der Waals surface area contributed by atoms with E-state index in [4.69, 9.17) is 10.2 Å². The summed E-state index contributed by atoms with van der Waals surface area (Å²) in [5, 5.41) is 17.7. The Morgan fingerprint density at radius 2 is 1.91 bits per heavy atom. The highest BCUT2D eigenvalue weighted by Crippen LogP contribution is 2.33. The maximum atomic E-state index is 11.1. The second-order valence-electron chi connectivity index (χ2n) is 8.36. The number of fused-ring (bicyclic) bond motifs is 1. The molecule has 3 aromatic heterocycles. The SMILES string of the molecule is CCc1ccc2c(-c3cncc(Br)c3)c(CCCCC(=O)O)c(CNCc3ccccc3)nn12. The Balaban J connectivity index is 1.76. The van der Waals surface area contributed by atoms with Gasteiger partial charge in [-0.25, -0.2) is 4.52 Å². The third-order valence-corrected chi connectivity index (χ3v) is 6.38. The fourth-order valence-electron chi connectivity index (χ4n) is 4.31. The fraction of sp³-hybridized carbons (Fsp3) is 0.296. The van der Waals surface area contributed by atoms with Gasteiger partial charge in [-0.05, 0) is 70.9 Å². The van der Waals surface area contributed by atoms with Crippen LogP contribution in [0.3, 0.4) is 0 Å². The topological polar surface area (TPSA) is 79.5 Å². The van der Waals surface area contributed by atoms with Gasteiger partial charge in [0.15, 0.2) is 0 Å². The van der Waals surface area contributed by atoms with Crippen molar-refractivity contribution < 1.29 is 9.90 Å². The molecule has 34 heavy (non-hydrogen) atoms. The lowest BCUT2D eigenvalue weighted by molar-refractivity contribution is -0.137. The van der Waals surface area contributed by atoms with Crippen LogP contribution in [0.25, 0.3) is 16.6 Å². The van der Waals surface area contributed by atoms with Gasteiger partial charge in [-0.2, -0.15) is 5.10 Å². The van der Waals surface area contributed by atoms with E-state index in [1.54, 1.807) is 6.20 Å². The van der Waals surface area contributed by atoms with Gasteiger partial charge in [0.25, 0.3) is 0 Å². The molecule has 0 unspecified atom stereocenters. The van der Waals surface area contributed by atoms with Crippen molar-refractivity contribution in [1.82, 2.24) is 19.9 Å². The third kappa shape index (κ3) is 5.72. The van der Waals surface area contributed by atoms with Crippen molar-refractivity contribution in [1.29, 1.82) is 0 Å². The van der Waals surface area contributed by atoms with Crippen LogP contribution in [0, 0.1) is 0 Å². The number of carboxylic acids is 1. The Hall–Kier alpha value is -3.03. The number of rotatable bonds is 11. The number of hydrogen-bond donors (Lipinski definition) is 2. The molecule has 6 nitrogen and oxygen atoms in total. The number of unbranched alkanes of at least 4 members (excludes halogenated alkanes) is 1. The first-order chi connectivity index (χ1) is 16.6. The van der Waals surface area contributed by atoms with E-state index in [1.807, 2.05) is 24.4 Å². The summed E-state index contributed by atoms with van der Waals surface area (Å²) in [4.78, 5) is 15.5. The molecule has 1 aromatic carbocycles. The van der Waals surface area contributed by atoms with E-state index in [9.17, 15) is 4.79 Å². The smallest absolute Gasteiger partial charge is 0.303 e. The van der Waals surface area contributed by atoms with E-state index in [2.05, 4.69) is 68.0 Å². The Labute approximate surface area is 208 Å². The zero-order valence-corrected chi connectivity index (χ0v) is 20.9. The minimum absolute atomic E-state index is 0.177. The number of carboxylic acid groups (broad SMARTS) is 1. The summed E-state index contributed by atoms with van der Waals surface area (Å²) in [6.07, 6.45) is 6.91. The molecule has 0 aliphatic carbocycles. The third-order valence-electron chi connectivity index (χ3n) is 5.95. The van der Waals surface area contributed by atoms with Crippen molar-refractivity contribution in [2.45, 2.75) is 52.1 Å². The number of nitrogens with zero attached hydrogens (tertiary/aromatic N) is 3. The molecular weight excluding hydrogens is 492 g/mol. The summed E-state index contributed by atoms with van der Waals surface area (Å²) in [5.74, 6) is -0.756. The van der Waals surface area contributed by atoms with E-state index in [0.29, 0.717) is 13.0 Å². The van der Waals surface area contributed by atoms with Crippen molar-refractivity contribution in [2.24, 2.45) is 0 Å². The molecular formula is C27H29BrN4O2. The van der Waals surface area contributed by atoms with E-state index in [0.717, 1.165) is 63.9 Å². The Morgan fingerprint density at radius 1 is 1.09 bits per heavy atom. The number of halogens is 1. The first-order valence-corrected chi connectivity index (χ1v) is 12.5. The van der Waals surface area contributed by atoms with Gasteiger partial charge < -0.3 is 10.4 Å². The van der Waals surface area contributed by atoms with E-state index in [-0.39, 0.29) is 6.42 Å². The number of aliphatic carboxylic acids is 1. The lowest BCUT2D eigenvalue weighted by Crippen LogP contribution is -2.18. The first-order valence-electron chi connectivity index (χ1n) is 11.7. The standard InChI is InChI=1S/C27H29BrN4O2/c1-2-22-12-13-25-27(20-14-21(28)17-30-16-20)23(10-6-7-11-26(33)34)24(31-32(22)25)18-29-15-19-8-4-3-5-9-19/h3-5,8-9,12-14,16-17,29H,2,6-7,10-11,15,18H2,1H3,(H,33,34). The van der Waals surface area contributed by atoms with Crippen molar-refractivity contribution in [3.8, 4) is 11.1 Å². The lowest BCUT2D eigenvalue weighted by atomic mass is 9.95. The molecule has 4 aromatic rings. The molecule has 2 N–H and O–H groups in total. The number of aromatic nitrogens is 3. The summed E-state index contributed by atoms with van der Waals surface area (Å²) >= 11 is 3.57. The average molecular weight is 521 g/mol. The van der Waals surface area contributed by atoms with Gasteiger partial charge in [-0.3, -0.25) is 9.78 Å². The molecule has 0 amide bonds. The number of pyridine rings is 1. The molecule has 0 atom stereocenters. The maximum absolute atomic E-state index is 11.1. The minimum Gasteiger partial charge on any atom is -0.481 e. The second-order valence-corrected chi connectivity index (χ2v) is 9.27. The van der Waals surface area contributed by atoms with Crippen molar-refractivity contribution >= 4 is 27.4 Å². The van der Waals surface area contributed by atoms with Gasteiger partial charge in [0.05, 0.1) is 11.2 Å². The first kappa shape index (κ1) is 24.1. The maximum Gasteiger partial charge on any atom is 0.303 e. The molecule has 0 bridgehead atoms. The highest BCUT2D eigenvalue weighted by atomic mass is 79.9. The molecule has 176 valence electrons. The van der Waals surface area contributed by atoms with Gasteiger partial charge in [0.1, 0.15) is 0 Å². The molecule has 4 rings (SSSR count). The molecule has 0 radical (unpaired) electrons. The molecule has 0 fully saturated rings. The van der Waals surface area contributed by atoms with Crippen LogP contribution in [0.2, 0.25) is 0 Å². The Morgan fingerprint density at radius 3 is 2.65 bits per heavy atom. The van der Waals surface area contributed by atoms with Crippen LogP contribution in [0.4, 0.5) is 0 Å². The van der Waals surface area contributed by atoms with Gasteiger partial charge in [-0.15, -0.1) is 0 Å². The van der Waals surface area contributed by atoms with Crippen LogP contribution in [-0.4, -0.2) is 25.7 Å². The predicted molar refractivity (Wildman–Crippen MR) is 138 cm³/mol. The van der Waals surface area contributed by atoms with E-state index >= 15 is 0 Å². The molecule has 0 aliphatic heterocycles. The minimum atomic E-state index is -0.756. The summed E-state index contributed by atoms with van der Waals surface area (Å²) in [6, 6.07) is 16.7. The normalized spacial score (nSPS) is 11.2. The molecule has 0 aliphatic rings. The zero-order valence-electron chi connectivity index (χ0n) is 19.3. The van der Waals surface area contributed by atoms with Crippen molar-refractivity contribution in [3.05, 3.63) is 87.9 Å². The molecule has 3 heterocycles. The van der Waals surface area contributed by atoms with Crippen LogP contribution in [0.15, 0.2) is 65.4 Å². The fourth-order valence-corrected chi connectivity index (χ4v) is 4.67. The molecule has 7 heteroatoms. The Kier molecular flexibility index (Phi) is 8.08.